The summed E-state index contributed by atoms with van der Waals surface area (Å²) in [5.74, 6) is -0.0778. The fourth-order valence-corrected chi connectivity index (χ4v) is 3.06. The lowest BCUT2D eigenvalue weighted by molar-refractivity contribution is -0.121. The molecule has 1 atom stereocenters. The summed E-state index contributed by atoms with van der Waals surface area (Å²) in [4.78, 5) is 29.6. The Labute approximate surface area is 154 Å². The normalized spacial score (nSPS) is 12.0. The van der Waals surface area contributed by atoms with Crippen molar-refractivity contribution in [3.63, 3.8) is 0 Å². The minimum Gasteiger partial charge on any atom is -0.349 e. The van der Waals surface area contributed by atoms with Gasteiger partial charge in [0, 0.05) is 22.2 Å². The van der Waals surface area contributed by atoms with Gasteiger partial charge in [-0.1, -0.05) is 35.0 Å². The van der Waals surface area contributed by atoms with Gasteiger partial charge in [-0.25, -0.2) is 0 Å². The van der Waals surface area contributed by atoms with E-state index in [1.165, 1.54) is 0 Å². The lowest BCUT2D eigenvalue weighted by Gasteiger charge is -2.17. The summed E-state index contributed by atoms with van der Waals surface area (Å²) in [6.07, 6.45) is 1.42. The van der Waals surface area contributed by atoms with Crippen LogP contribution in [0.5, 0.6) is 0 Å². The molecule has 0 fully saturated rings. The number of carbonyl (C=O) groups excluding carboxylic acids is 1. The molecule has 1 aromatic carbocycles. The van der Waals surface area contributed by atoms with E-state index in [-0.39, 0.29) is 23.9 Å². The van der Waals surface area contributed by atoms with Gasteiger partial charge < -0.3 is 10.3 Å². The lowest BCUT2D eigenvalue weighted by atomic mass is 10.0. The molecule has 3 N–H and O–H groups in total. The third-order valence-electron chi connectivity index (χ3n) is 3.87. The monoisotopic (exact) mass is 409 g/mol. The van der Waals surface area contributed by atoms with Crippen LogP contribution < -0.4 is 10.9 Å². The number of aromatic amines is 2. The second-order valence-corrected chi connectivity index (χ2v) is 6.92. The highest BCUT2D eigenvalue weighted by Gasteiger charge is 2.14. The van der Waals surface area contributed by atoms with Crippen molar-refractivity contribution < 1.29 is 4.79 Å². The van der Waals surface area contributed by atoms with Crippen molar-refractivity contribution in [3.8, 4) is 0 Å². The summed E-state index contributed by atoms with van der Waals surface area (Å²) in [6, 6.07) is 7.86. The van der Waals surface area contributed by atoms with Crippen LogP contribution in [0.1, 0.15) is 42.6 Å². The van der Waals surface area contributed by atoms with Gasteiger partial charge in [0.25, 0.3) is 5.56 Å². The number of hydrogen-bond acceptors (Lipinski definition) is 3. The van der Waals surface area contributed by atoms with Crippen LogP contribution in [0.2, 0.25) is 0 Å². The summed E-state index contributed by atoms with van der Waals surface area (Å²) < 4.78 is 1.30. The Morgan fingerprint density at radius 2 is 1.96 bits per heavy atom. The fraction of sp³-hybridized carbons (Fsp3) is 0.353. The highest BCUT2D eigenvalue weighted by Crippen LogP contribution is 2.19. The number of aromatic nitrogens is 2. The summed E-state index contributed by atoms with van der Waals surface area (Å²) in [7, 11) is 0. The summed E-state index contributed by atoms with van der Waals surface area (Å²) in [5, 5.41) is 3.03. The third-order valence-corrected chi connectivity index (χ3v) is 4.61. The van der Waals surface area contributed by atoms with Gasteiger partial charge in [-0.3, -0.25) is 14.6 Å². The highest BCUT2D eigenvalue weighted by atomic mass is 79.9. The molecule has 2 rings (SSSR count). The maximum absolute atomic E-state index is 12.3. The van der Waals surface area contributed by atoms with E-state index < -0.39 is 0 Å². The molecule has 0 aliphatic rings. The molecule has 5 nitrogen and oxygen atoms in total. The van der Waals surface area contributed by atoms with Gasteiger partial charge in [-0.15, -0.1) is 0 Å². The van der Waals surface area contributed by atoms with E-state index >= 15 is 0 Å². The number of rotatable bonds is 6. The molecule has 2 aromatic rings. The van der Waals surface area contributed by atoms with Gasteiger partial charge >= 0.3 is 0 Å². The molecule has 0 aliphatic heterocycles. The molecule has 0 bridgehead atoms. The van der Waals surface area contributed by atoms with Crippen molar-refractivity contribution in [3.05, 3.63) is 60.7 Å². The van der Waals surface area contributed by atoms with Crippen LogP contribution in [-0.4, -0.2) is 15.9 Å². The smallest absolute Gasteiger partial charge is 0.255 e. The van der Waals surface area contributed by atoms with Crippen LogP contribution in [0.4, 0.5) is 0 Å². The number of H-pyrrole nitrogens is 2. The minimum atomic E-state index is -0.232. The number of halogens is 1. The van der Waals surface area contributed by atoms with Gasteiger partial charge in [0.05, 0.1) is 6.04 Å². The Bertz CT molecular complexity index is 827. The SMILES string of the molecule is CC[C@H](NC(=O)CCc1c(C)[nH]c(=S)[nH]c1=O)c1ccc(Br)cc1. The van der Waals surface area contributed by atoms with Crippen molar-refractivity contribution >= 4 is 34.1 Å². The largest absolute Gasteiger partial charge is 0.349 e. The lowest BCUT2D eigenvalue weighted by Crippen LogP contribution is -2.29. The molecule has 24 heavy (non-hydrogen) atoms. The molecule has 1 heterocycles. The second kappa shape index (κ2) is 8.39. The molecule has 128 valence electrons. The van der Waals surface area contributed by atoms with Crippen LogP contribution in [-0.2, 0) is 11.2 Å². The summed E-state index contributed by atoms with van der Waals surface area (Å²) in [6.45, 7) is 3.81. The zero-order chi connectivity index (χ0) is 17.7. The van der Waals surface area contributed by atoms with Crippen molar-refractivity contribution in [1.82, 2.24) is 15.3 Å². The van der Waals surface area contributed by atoms with Crippen LogP contribution in [0, 0.1) is 11.7 Å². The van der Waals surface area contributed by atoms with Gasteiger partial charge in [0.1, 0.15) is 0 Å². The van der Waals surface area contributed by atoms with Crippen LogP contribution >= 0.6 is 28.1 Å². The Balaban J connectivity index is 2.01. The Morgan fingerprint density at radius 1 is 1.29 bits per heavy atom. The van der Waals surface area contributed by atoms with Crippen LogP contribution in [0.25, 0.3) is 0 Å². The van der Waals surface area contributed by atoms with Crippen LogP contribution in [0.15, 0.2) is 33.5 Å². The maximum atomic E-state index is 12.3. The molecule has 7 heteroatoms. The standard InChI is InChI=1S/C17H20BrN3O2S/c1-3-14(11-4-6-12(18)7-5-11)20-15(22)9-8-13-10(2)19-17(24)21-16(13)23/h4-7,14H,3,8-9H2,1-2H3,(H,20,22)(H2,19,21,23,24)/t14-/m0/s1. The zero-order valence-electron chi connectivity index (χ0n) is 13.6. The average molecular weight is 410 g/mol. The number of nitrogens with one attached hydrogen (secondary N) is 3. The topological polar surface area (TPSA) is 77.8 Å². The predicted octanol–water partition coefficient (Wildman–Crippen LogP) is 3.70. The second-order valence-electron chi connectivity index (χ2n) is 5.59. The van der Waals surface area contributed by atoms with E-state index in [4.69, 9.17) is 12.2 Å². The van der Waals surface area contributed by atoms with Gasteiger partial charge in [-0.05, 0) is 49.7 Å². The van der Waals surface area contributed by atoms with Crippen molar-refractivity contribution in [2.45, 2.75) is 39.2 Å². The Hall–Kier alpha value is -1.73. The molecular weight excluding hydrogens is 390 g/mol. The minimum absolute atomic E-state index is 0.0356. The first-order valence-corrected chi connectivity index (χ1v) is 8.97. The van der Waals surface area contributed by atoms with Crippen LogP contribution in [0.3, 0.4) is 0 Å². The predicted molar refractivity (Wildman–Crippen MR) is 101 cm³/mol. The number of carbonyl (C=O) groups is 1. The van der Waals surface area contributed by atoms with Crippen molar-refractivity contribution in [1.29, 1.82) is 0 Å². The van der Waals surface area contributed by atoms with E-state index in [0.29, 0.717) is 22.4 Å². The molecule has 1 aromatic heterocycles. The molecule has 0 spiro atoms. The summed E-state index contributed by atoms with van der Waals surface area (Å²) in [5.41, 5.74) is 2.10. The summed E-state index contributed by atoms with van der Waals surface area (Å²) >= 11 is 8.33. The number of amides is 1. The van der Waals surface area contributed by atoms with E-state index in [1.807, 2.05) is 31.2 Å². The first-order valence-electron chi connectivity index (χ1n) is 7.77. The maximum Gasteiger partial charge on any atom is 0.255 e. The average Bonchev–Trinajstić information content (AvgIpc) is 2.52. The molecule has 0 radical (unpaired) electrons. The molecule has 1 amide bonds. The third kappa shape index (κ3) is 4.88. The molecular formula is C17H20BrN3O2S. The Kier molecular flexibility index (Phi) is 6.51. The first kappa shape index (κ1) is 18.6. The molecule has 0 aliphatic carbocycles. The van der Waals surface area contributed by atoms with E-state index in [0.717, 1.165) is 16.5 Å². The first-order chi connectivity index (χ1) is 11.4. The van der Waals surface area contributed by atoms with E-state index in [2.05, 4.69) is 31.2 Å². The molecule has 0 saturated carbocycles. The number of hydrogen-bond donors (Lipinski definition) is 3. The van der Waals surface area contributed by atoms with E-state index in [9.17, 15) is 9.59 Å². The zero-order valence-corrected chi connectivity index (χ0v) is 16.0. The van der Waals surface area contributed by atoms with Gasteiger partial charge in [0.2, 0.25) is 5.91 Å². The Morgan fingerprint density at radius 3 is 2.54 bits per heavy atom. The fourth-order valence-electron chi connectivity index (χ4n) is 2.55. The van der Waals surface area contributed by atoms with Crippen molar-refractivity contribution in [2.24, 2.45) is 0 Å². The number of aryl methyl sites for hydroxylation is 1. The van der Waals surface area contributed by atoms with Gasteiger partial charge in [-0.2, -0.15) is 0 Å². The number of benzene rings is 1. The van der Waals surface area contributed by atoms with E-state index in [1.54, 1.807) is 6.92 Å². The molecule has 0 unspecified atom stereocenters. The molecule has 0 saturated heterocycles. The van der Waals surface area contributed by atoms with Gasteiger partial charge in [0.15, 0.2) is 4.77 Å². The van der Waals surface area contributed by atoms with Crippen molar-refractivity contribution in [2.75, 3.05) is 0 Å². The quantitative estimate of drug-likeness (QED) is 0.636. The highest BCUT2D eigenvalue weighted by molar-refractivity contribution is 9.10.